The second-order valence-corrected chi connectivity index (χ2v) is 6.19. The van der Waals surface area contributed by atoms with E-state index < -0.39 is 6.10 Å². The van der Waals surface area contributed by atoms with Gasteiger partial charge in [-0.3, -0.25) is 0 Å². The molecule has 0 bridgehead atoms. The predicted molar refractivity (Wildman–Crippen MR) is 99.6 cm³/mol. The summed E-state index contributed by atoms with van der Waals surface area (Å²) in [6.07, 6.45) is 1.38. The molecule has 2 aromatic carbocycles. The molecule has 0 amide bonds. The van der Waals surface area contributed by atoms with E-state index in [1.54, 1.807) is 6.92 Å². The Kier molecular flexibility index (Phi) is 7.64. The molecule has 2 rings (SSSR count). The average Bonchev–Trinajstić information content (AvgIpc) is 2.65. The SMILES string of the molecule is CCOC(=O)c1ccc(CCC(C)NCC(O)c2ccccc2)cc1. The van der Waals surface area contributed by atoms with Gasteiger partial charge in [-0.05, 0) is 49.9 Å². The summed E-state index contributed by atoms with van der Waals surface area (Å²) in [6, 6.07) is 17.5. The minimum Gasteiger partial charge on any atom is -0.462 e. The van der Waals surface area contributed by atoms with E-state index in [-0.39, 0.29) is 5.97 Å². The van der Waals surface area contributed by atoms with Crippen molar-refractivity contribution in [1.29, 1.82) is 0 Å². The molecule has 25 heavy (non-hydrogen) atoms. The average molecular weight is 341 g/mol. The highest BCUT2D eigenvalue weighted by atomic mass is 16.5. The molecule has 0 spiro atoms. The third-order valence-electron chi connectivity index (χ3n) is 4.18. The first-order valence-electron chi connectivity index (χ1n) is 8.82. The van der Waals surface area contributed by atoms with Crippen LogP contribution in [0.25, 0.3) is 0 Å². The Morgan fingerprint density at radius 2 is 1.80 bits per heavy atom. The number of hydrogen-bond acceptors (Lipinski definition) is 4. The Bertz CT molecular complexity index is 640. The fraction of sp³-hybridized carbons (Fsp3) is 0.381. The number of carbonyl (C=O) groups is 1. The predicted octanol–water partition coefficient (Wildman–Crippen LogP) is 3.51. The van der Waals surface area contributed by atoms with E-state index in [9.17, 15) is 9.90 Å². The summed E-state index contributed by atoms with van der Waals surface area (Å²) in [7, 11) is 0. The summed E-state index contributed by atoms with van der Waals surface area (Å²) in [5.41, 5.74) is 2.70. The molecule has 2 N–H and O–H groups in total. The molecular weight excluding hydrogens is 314 g/mol. The van der Waals surface area contributed by atoms with Crippen molar-refractivity contribution in [2.45, 2.75) is 38.8 Å². The zero-order valence-electron chi connectivity index (χ0n) is 14.9. The molecule has 0 fully saturated rings. The van der Waals surface area contributed by atoms with Gasteiger partial charge >= 0.3 is 5.97 Å². The molecule has 0 heterocycles. The Hall–Kier alpha value is -2.17. The Labute approximate surface area is 149 Å². The van der Waals surface area contributed by atoms with Crippen LogP contribution in [0.1, 0.15) is 47.9 Å². The van der Waals surface area contributed by atoms with Crippen molar-refractivity contribution in [2.24, 2.45) is 0 Å². The highest BCUT2D eigenvalue weighted by Gasteiger charge is 2.10. The van der Waals surface area contributed by atoms with Gasteiger partial charge in [0, 0.05) is 12.6 Å². The molecule has 4 heteroatoms. The fourth-order valence-electron chi connectivity index (χ4n) is 2.61. The largest absolute Gasteiger partial charge is 0.462 e. The van der Waals surface area contributed by atoms with E-state index in [1.807, 2.05) is 54.6 Å². The minimum atomic E-state index is -0.493. The van der Waals surface area contributed by atoms with Gasteiger partial charge in [0.25, 0.3) is 0 Å². The zero-order valence-corrected chi connectivity index (χ0v) is 14.9. The van der Waals surface area contributed by atoms with Crippen molar-refractivity contribution in [2.75, 3.05) is 13.2 Å². The zero-order chi connectivity index (χ0) is 18.1. The van der Waals surface area contributed by atoms with Crippen molar-refractivity contribution in [3.05, 3.63) is 71.3 Å². The van der Waals surface area contributed by atoms with Crippen LogP contribution in [0.5, 0.6) is 0 Å². The molecule has 0 aliphatic rings. The summed E-state index contributed by atoms with van der Waals surface area (Å²) in [5.74, 6) is -0.279. The Morgan fingerprint density at radius 1 is 1.12 bits per heavy atom. The summed E-state index contributed by atoms with van der Waals surface area (Å²) >= 11 is 0. The monoisotopic (exact) mass is 341 g/mol. The van der Waals surface area contributed by atoms with Gasteiger partial charge in [0.05, 0.1) is 18.3 Å². The topological polar surface area (TPSA) is 58.6 Å². The smallest absolute Gasteiger partial charge is 0.338 e. The van der Waals surface area contributed by atoms with Crippen molar-refractivity contribution < 1.29 is 14.6 Å². The number of benzene rings is 2. The van der Waals surface area contributed by atoms with Crippen LogP contribution in [0, 0.1) is 0 Å². The lowest BCUT2D eigenvalue weighted by Gasteiger charge is -2.17. The molecule has 0 aliphatic carbocycles. The number of aryl methyl sites for hydroxylation is 1. The lowest BCUT2D eigenvalue weighted by atomic mass is 10.0. The quantitative estimate of drug-likeness (QED) is 0.685. The van der Waals surface area contributed by atoms with Gasteiger partial charge in [-0.1, -0.05) is 42.5 Å². The second-order valence-electron chi connectivity index (χ2n) is 6.19. The number of aliphatic hydroxyl groups excluding tert-OH is 1. The standard InChI is InChI=1S/C21H27NO3/c1-3-25-21(24)19-13-11-17(12-14-19)10-9-16(2)22-15-20(23)18-7-5-4-6-8-18/h4-8,11-14,16,20,22-23H,3,9-10,15H2,1-2H3. The first-order valence-corrected chi connectivity index (χ1v) is 8.82. The van der Waals surface area contributed by atoms with Crippen LogP contribution >= 0.6 is 0 Å². The lowest BCUT2D eigenvalue weighted by Crippen LogP contribution is -2.30. The highest BCUT2D eigenvalue weighted by Crippen LogP contribution is 2.12. The maximum atomic E-state index is 11.6. The molecule has 0 saturated heterocycles. The van der Waals surface area contributed by atoms with Crippen LogP contribution in [0.3, 0.4) is 0 Å². The first kappa shape index (κ1) is 19.2. The molecule has 0 aliphatic heterocycles. The fourth-order valence-corrected chi connectivity index (χ4v) is 2.61. The lowest BCUT2D eigenvalue weighted by molar-refractivity contribution is 0.0526. The van der Waals surface area contributed by atoms with Crippen LogP contribution < -0.4 is 5.32 Å². The number of nitrogens with one attached hydrogen (secondary N) is 1. The molecule has 2 aromatic rings. The molecular formula is C21H27NO3. The van der Waals surface area contributed by atoms with Gasteiger partial charge in [-0.2, -0.15) is 0 Å². The van der Waals surface area contributed by atoms with Gasteiger partial charge in [0.15, 0.2) is 0 Å². The van der Waals surface area contributed by atoms with E-state index in [2.05, 4.69) is 12.2 Å². The van der Waals surface area contributed by atoms with E-state index in [1.165, 1.54) is 5.56 Å². The third kappa shape index (κ3) is 6.33. The number of hydrogen-bond donors (Lipinski definition) is 2. The van der Waals surface area contributed by atoms with Crippen molar-refractivity contribution >= 4 is 5.97 Å². The number of rotatable bonds is 9. The van der Waals surface area contributed by atoms with Gasteiger partial charge in [0.1, 0.15) is 0 Å². The summed E-state index contributed by atoms with van der Waals surface area (Å²) in [6.45, 7) is 4.84. The maximum absolute atomic E-state index is 11.6. The maximum Gasteiger partial charge on any atom is 0.338 e. The molecule has 4 nitrogen and oxygen atoms in total. The third-order valence-corrected chi connectivity index (χ3v) is 4.18. The molecule has 0 saturated carbocycles. The van der Waals surface area contributed by atoms with Crippen molar-refractivity contribution in [3.63, 3.8) is 0 Å². The van der Waals surface area contributed by atoms with Gasteiger partial charge in [0.2, 0.25) is 0 Å². The Morgan fingerprint density at radius 3 is 2.44 bits per heavy atom. The van der Waals surface area contributed by atoms with Crippen LogP contribution in [-0.4, -0.2) is 30.3 Å². The Balaban J connectivity index is 1.74. The second kappa shape index (κ2) is 9.97. The van der Waals surface area contributed by atoms with Crippen molar-refractivity contribution in [1.82, 2.24) is 5.32 Å². The number of carbonyl (C=O) groups excluding carboxylic acids is 1. The van der Waals surface area contributed by atoms with Crippen molar-refractivity contribution in [3.8, 4) is 0 Å². The minimum absolute atomic E-state index is 0.279. The number of ether oxygens (including phenoxy) is 1. The number of aliphatic hydroxyl groups is 1. The van der Waals surface area contributed by atoms with Crippen LogP contribution in [0.15, 0.2) is 54.6 Å². The van der Waals surface area contributed by atoms with Gasteiger partial charge < -0.3 is 15.2 Å². The highest BCUT2D eigenvalue weighted by molar-refractivity contribution is 5.89. The van der Waals surface area contributed by atoms with E-state index >= 15 is 0 Å². The van der Waals surface area contributed by atoms with E-state index in [0.717, 1.165) is 18.4 Å². The van der Waals surface area contributed by atoms with Gasteiger partial charge in [-0.15, -0.1) is 0 Å². The molecule has 0 radical (unpaired) electrons. The summed E-state index contributed by atoms with van der Waals surface area (Å²) in [4.78, 5) is 11.6. The summed E-state index contributed by atoms with van der Waals surface area (Å²) < 4.78 is 4.98. The van der Waals surface area contributed by atoms with Gasteiger partial charge in [-0.25, -0.2) is 4.79 Å². The molecule has 134 valence electrons. The van der Waals surface area contributed by atoms with Crippen LogP contribution in [0.4, 0.5) is 0 Å². The molecule has 0 aromatic heterocycles. The van der Waals surface area contributed by atoms with Crippen LogP contribution in [0.2, 0.25) is 0 Å². The first-order chi connectivity index (χ1) is 12.1. The molecule has 2 atom stereocenters. The van der Waals surface area contributed by atoms with Crippen LogP contribution in [-0.2, 0) is 11.2 Å². The normalized spacial score (nSPS) is 13.2. The summed E-state index contributed by atoms with van der Waals surface area (Å²) in [5, 5.41) is 13.5. The van der Waals surface area contributed by atoms with E-state index in [4.69, 9.17) is 4.74 Å². The molecule has 2 unspecified atom stereocenters. The van der Waals surface area contributed by atoms with E-state index in [0.29, 0.717) is 24.8 Å². The number of esters is 1.